The Morgan fingerprint density at radius 3 is 2.19 bits per heavy atom. The molecule has 0 atom stereocenters. The second-order valence-corrected chi connectivity index (χ2v) is 8.97. The highest BCUT2D eigenvalue weighted by atomic mass is 16.6. The first-order chi connectivity index (χ1) is 14.8. The highest BCUT2D eigenvalue weighted by Crippen LogP contribution is 2.27. The van der Waals surface area contributed by atoms with Crippen molar-refractivity contribution < 1.29 is 9.53 Å². The fourth-order valence-corrected chi connectivity index (χ4v) is 4.09. The Balaban J connectivity index is 0.000000194. The topological polar surface area (TPSA) is 65.6 Å². The smallest absolute Gasteiger partial charge is 0.410 e. The van der Waals surface area contributed by atoms with Crippen molar-refractivity contribution in [1.82, 2.24) is 10.2 Å². The molecule has 0 fully saturated rings. The minimum Gasteiger partial charge on any atom is -0.444 e. The molecule has 1 amide bonds. The summed E-state index contributed by atoms with van der Waals surface area (Å²) >= 11 is 0. The average molecular weight is 425 g/mol. The molecule has 168 valence electrons. The van der Waals surface area contributed by atoms with E-state index in [4.69, 9.17) is 4.74 Å². The highest BCUT2D eigenvalue weighted by Gasteiger charge is 2.26. The largest absolute Gasteiger partial charge is 0.444 e. The Labute approximate surface area is 186 Å². The quantitative estimate of drug-likeness (QED) is 0.667. The number of carbonyl (C=O) groups excluding carboxylic acids is 1. The van der Waals surface area contributed by atoms with E-state index in [1.807, 2.05) is 40.9 Å². The molecule has 0 aliphatic carbocycles. The van der Waals surface area contributed by atoms with Crippen molar-refractivity contribution in [2.75, 3.05) is 37.8 Å². The standard InChI is InChI=1S/C15H22N2O2.C10H14N2/c1-15(2,3)19-14(18)17-9-8-12-11(10-17)6-5-7-13(12)16-4;1-11-10-4-2-3-8-7-12-6-5-9(8)10/h5-7,16H,8-10H2,1-4H3;2-4,11-12H,5-7H2,1H3. The Hall–Kier alpha value is -2.73. The SMILES string of the molecule is CNc1cccc2c1CCN(C(=O)OC(C)(C)C)C2.CNc1cccc2c1CCNC2. The van der Waals surface area contributed by atoms with Gasteiger partial charge in [0.05, 0.1) is 0 Å². The lowest BCUT2D eigenvalue weighted by molar-refractivity contribution is 0.0224. The summed E-state index contributed by atoms with van der Waals surface area (Å²) in [4.78, 5) is 13.8. The number of hydrogen-bond donors (Lipinski definition) is 3. The molecule has 31 heavy (non-hydrogen) atoms. The average Bonchev–Trinajstić information content (AvgIpc) is 2.77. The van der Waals surface area contributed by atoms with Crippen LogP contribution in [0.5, 0.6) is 0 Å². The molecule has 0 aromatic heterocycles. The van der Waals surface area contributed by atoms with Crippen LogP contribution >= 0.6 is 0 Å². The van der Waals surface area contributed by atoms with E-state index in [1.165, 1.54) is 27.9 Å². The van der Waals surface area contributed by atoms with Crippen LogP contribution in [-0.4, -0.2) is 43.8 Å². The summed E-state index contributed by atoms with van der Waals surface area (Å²) in [5.74, 6) is 0. The van der Waals surface area contributed by atoms with E-state index in [9.17, 15) is 4.79 Å². The van der Waals surface area contributed by atoms with Crippen molar-refractivity contribution in [1.29, 1.82) is 0 Å². The summed E-state index contributed by atoms with van der Waals surface area (Å²) in [6, 6.07) is 12.6. The Kier molecular flexibility index (Phi) is 7.44. The maximum atomic E-state index is 12.1. The maximum Gasteiger partial charge on any atom is 0.410 e. The van der Waals surface area contributed by atoms with E-state index in [0.29, 0.717) is 13.1 Å². The molecule has 6 heteroatoms. The lowest BCUT2D eigenvalue weighted by Gasteiger charge is -2.32. The van der Waals surface area contributed by atoms with Gasteiger partial charge in [-0.2, -0.15) is 0 Å². The molecular formula is C25H36N4O2. The fraction of sp³-hybridized carbons (Fsp3) is 0.480. The summed E-state index contributed by atoms with van der Waals surface area (Å²) in [6.07, 6.45) is 1.78. The summed E-state index contributed by atoms with van der Waals surface area (Å²) in [5, 5.41) is 9.79. The van der Waals surface area contributed by atoms with Crippen LogP contribution < -0.4 is 16.0 Å². The van der Waals surface area contributed by atoms with Gasteiger partial charge in [0.1, 0.15) is 5.60 Å². The second kappa shape index (κ2) is 10.1. The molecule has 0 unspecified atom stereocenters. The van der Waals surface area contributed by atoms with Crippen LogP contribution in [0, 0.1) is 0 Å². The number of nitrogens with zero attached hydrogens (tertiary/aromatic N) is 1. The molecule has 0 bridgehead atoms. The van der Waals surface area contributed by atoms with Crippen LogP contribution in [0.15, 0.2) is 36.4 Å². The lowest BCUT2D eigenvalue weighted by atomic mass is 9.98. The summed E-state index contributed by atoms with van der Waals surface area (Å²) in [6.45, 7) is 9.13. The summed E-state index contributed by atoms with van der Waals surface area (Å²) in [7, 11) is 3.91. The van der Waals surface area contributed by atoms with Gasteiger partial charge in [-0.05, 0) is 74.5 Å². The first-order valence-electron chi connectivity index (χ1n) is 11.1. The second-order valence-electron chi connectivity index (χ2n) is 8.97. The van der Waals surface area contributed by atoms with Crippen molar-refractivity contribution in [3.63, 3.8) is 0 Å². The molecule has 0 radical (unpaired) electrons. The molecule has 6 nitrogen and oxygen atoms in total. The zero-order chi connectivity index (χ0) is 22.4. The van der Waals surface area contributed by atoms with Crippen LogP contribution in [0.25, 0.3) is 0 Å². The van der Waals surface area contributed by atoms with Crippen molar-refractivity contribution in [2.45, 2.75) is 52.3 Å². The first-order valence-corrected chi connectivity index (χ1v) is 11.1. The zero-order valence-corrected chi connectivity index (χ0v) is 19.5. The van der Waals surface area contributed by atoms with Crippen LogP contribution in [-0.2, 0) is 30.7 Å². The fourth-order valence-electron chi connectivity index (χ4n) is 4.09. The van der Waals surface area contributed by atoms with Gasteiger partial charge in [0.2, 0.25) is 0 Å². The summed E-state index contributed by atoms with van der Waals surface area (Å²) in [5.41, 5.74) is 7.43. The zero-order valence-electron chi connectivity index (χ0n) is 19.5. The number of rotatable bonds is 2. The van der Waals surface area contributed by atoms with Crippen LogP contribution in [0.4, 0.5) is 16.2 Å². The monoisotopic (exact) mass is 424 g/mol. The van der Waals surface area contributed by atoms with Gasteiger partial charge in [0.25, 0.3) is 0 Å². The Morgan fingerprint density at radius 1 is 0.968 bits per heavy atom. The van der Waals surface area contributed by atoms with Crippen LogP contribution in [0.1, 0.15) is 43.0 Å². The predicted octanol–water partition coefficient (Wildman–Crippen LogP) is 4.40. The number of nitrogens with one attached hydrogen (secondary N) is 3. The molecule has 2 aliphatic heterocycles. The van der Waals surface area contributed by atoms with E-state index in [-0.39, 0.29) is 6.09 Å². The lowest BCUT2D eigenvalue weighted by Crippen LogP contribution is -2.40. The molecule has 2 aromatic rings. The van der Waals surface area contributed by atoms with E-state index < -0.39 is 5.60 Å². The van der Waals surface area contributed by atoms with Gasteiger partial charge in [0, 0.05) is 45.1 Å². The number of benzene rings is 2. The van der Waals surface area contributed by atoms with E-state index in [1.54, 1.807) is 4.90 Å². The molecular weight excluding hydrogens is 388 g/mol. The van der Waals surface area contributed by atoms with Crippen molar-refractivity contribution in [2.24, 2.45) is 0 Å². The van der Waals surface area contributed by atoms with Crippen molar-refractivity contribution >= 4 is 17.5 Å². The first kappa shape index (κ1) is 22.9. The highest BCUT2D eigenvalue weighted by molar-refractivity contribution is 5.69. The van der Waals surface area contributed by atoms with Crippen molar-refractivity contribution in [3.8, 4) is 0 Å². The molecule has 0 saturated carbocycles. The van der Waals surface area contributed by atoms with E-state index in [0.717, 1.165) is 31.6 Å². The maximum absolute atomic E-state index is 12.1. The number of amides is 1. The molecule has 0 spiro atoms. The predicted molar refractivity (Wildman–Crippen MR) is 128 cm³/mol. The van der Waals surface area contributed by atoms with Crippen molar-refractivity contribution in [3.05, 3.63) is 58.7 Å². The van der Waals surface area contributed by atoms with Gasteiger partial charge in [-0.25, -0.2) is 4.79 Å². The van der Waals surface area contributed by atoms with E-state index >= 15 is 0 Å². The van der Waals surface area contributed by atoms with Crippen LogP contribution in [0.3, 0.4) is 0 Å². The molecule has 2 aromatic carbocycles. The normalized spacial score (nSPS) is 15.1. The number of anilines is 2. The summed E-state index contributed by atoms with van der Waals surface area (Å²) < 4.78 is 5.42. The minimum absolute atomic E-state index is 0.229. The van der Waals surface area contributed by atoms with Gasteiger partial charge < -0.3 is 25.6 Å². The molecule has 4 rings (SSSR count). The number of ether oxygens (including phenoxy) is 1. The van der Waals surface area contributed by atoms with Crippen LogP contribution in [0.2, 0.25) is 0 Å². The van der Waals surface area contributed by atoms with Gasteiger partial charge >= 0.3 is 6.09 Å². The van der Waals surface area contributed by atoms with Gasteiger partial charge in [0.15, 0.2) is 0 Å². The molecule has 2 aliphatic rings. The molecule has 3 N–H and O–H groups in total. The Morgan fingerprint density at radius 2 is 1.58 bits per heavy atom. The van der Waals surface area contributed by atoms with Gasteiger partial charge in [-0.15, -0.1) is 0 Å². The minimum atomic E-state index is -0.440. The number of carbonyl (C=O) groups is 1. The third-order valence-corrected chi connectivity index (χ3v) is 5.60. The van der Waals surface area contributed by atoms with Gasteiger partial charge in [-0.3, -0.25) is 0 Å². The number of hydrogen-bond acceptors (Lipinski definition) is 5. The molecule has 2 heterocycles. The third-order valence-electron chi connectivity index (χ3n) is 5.60. The third kappa shape index (κ3) is 5.91. The number of fused-ring (bicyclic) bond motifs is 2. The Bertz CT molecular complexity index is 891. The van der Waals surface area contributed by atoms with Gasteiger partial charge in [-0.1, -0.05) is 24.3 Å². The van der Waals surface area contributed by atoms with E-state index in [2.05, 4.69) is 46.3 Å². The molecule has 0 saturated heterocycles.